The second kappa shape index (κ2) is 8.31. The quantitative estimate of drug-likeness (QED) is 0.392. The Hall–Kier alpha value is -2.53. The molecule has 5 nitrogen and oxygen atoms in total. The molecule has 12 heteroatoms. The third-order valence-corrected chi connectivity index (χ3v) is 5.79. The van der Waals surface area contributed by atoms with Crippen LogP contribution >= 0.6 is 22.9 Å². The number of rotatable bonds is 6. The number of carbonyl (C=O) groups is 1. The molecule has 0 unspecified atom stereocenters. The van der Waals surface area contributed by atoms with E-state index in [0.29, 0.717) is 11.8 Å². The lowest BCUT2D eigenvalue weighted by molar-refractivity contribution is -0.134. The van der Waals surface area contributed by atoms with Gasteiger partial charge in [0.15, 0.2) is 5.78 Å². The average Bonchev–Trinajstić information content (AvgIpc) is 3.22. The predicted octanol–water partition coefficient (Wildman–Crippen LogP) is 4.67. The number of imidazole rings is 1. The number of alkyl halides is 5. The lowest BCUT2D eigenvalue weighted by Gasteiger charge is -2.12. The summed E-state index contributed by atoms with van der Waals surface area (Å²) in [4.78, 5) is 27.7. The van der Waals surface area contributed by atoms with Gasteiger partial charge in [-0.3, -0.25) is 9.59 Å². The highest BCUT2D eigenvalue weighted by molar-refractivity contribution is 7.14. The smallest absolute Gasteiger partial charge is 0.334 e. The molecule has 0 spiro atoms. The second-order valence-corrected chi connectivity index (χ2v) is 7.85. The molecular weight excluding hydrogens is 453 g/mol. The van der Waals surface area contributed by atoms with Crippen molar-refractivity contribution in [3.8, 4) is 11.3 Å². The van der Waals surface area contributed by atoms with E-state index in [1.165, 1.54) is 23.2 Å². The molecule has 0 amide bonds. The van der Waals surface area contributed by atoms with Crippen molar-refractivity contribution in [2.24, 2.45) is 7.05 Å². The number of ketones is 1. The Labute approximate surface area is 175 Å². The van der Waals surface area contributed by atoms with Crippen LogP contribution in [-0.2, 0) is 26.2 Å². The zero-order valence-electron chi connectivity index (χ0n) is 15.2. The topological polar surface area (TPSA) is 56.9 Å². The average molecular weight is 466 g/mol. The number of carbonyl (C=O) groups excluding carboxylic acids is 1. The molecule has 3 aromatic rings. The minimum atomic E-state index is -4.65. The minimum Gasteiger partial charge on any atom is -0.334 e. The maximum Gasteiger partial charge on any atom is 0.425 e. The third kappa shape index (κ3) is 4.62. The van der Waals surface area contributed by atoms with E-state index in [9.17, 15) is 31.5 Å². The van der Waals surface area contributed by atoms with Crippen molar-refractivity contribution in [1.82, 2.24) is 14.1 Å². The molecule has 0 atom stereocenters. The molecule has 0 bridgehead atoms. The molecule has 0 fully saturated rings. The lowest BCUT2D eigenvalue weighted by atomic mass is 10.1. The number of pyridine rings is 1. The van der Waals surface area contributed by atoms with Crippen molar-refractivity contribution in [2.45, 2.75) is 25.6 Å². The standard InChI is InChI=1S/C18H13ClF5N3O2S/c1-26-8-25-5-12(26)10-2-9(6-27(17(10)29)7-15(20)21)3-13(28)16-11(19)4-14(30-16)18(22,23)24/h2,4-6,8,15H,3,7H2,1H3. The van der Waals surface area contributed by atoms with Gasteiger partial charge in [-0.15, -0.1) is 11.3 Å². The van der Waals surface area contributed by atoms with Crippen LogP contribution in [0.3, 0.4) is 0 Å². The van der Waals surface area contributed by atoms with Gasteiger partial charge in [0.05, 0.1) is 40.2 Å². The molecule has 0 radical (unpaired) electrons. The third-order valence-electron chi connectivity index (χ3n) is 4.15. The van der Waals surface area contributed by atoms with Crippen LogP contribution in [0, 0.1) is 0 Å². The first-order valence-corrected chi connectivity index (χ1v) is 9.54. The first kappa shape index (κ1) is 22.2. The van der Waals surface area contributed by atoms with Crippen LogP contribution in [0.4, 0.5) is 22.0 Å². The van der Waals surface area contributed by atoms with Gasteiger partial charge in [0, 0.05) is 19.7 Å². The van der Waals surface area contributed by atoms with E-state index >= 15 is 0 Å². The Balaban J connectivity index is 2.02. The van der Waals surface area contributed by atoms with Gasteiger partial charge >= 0.3 is 6.18 Å². The van der Waals surface area contributed by atoms with Crippen molar-refractivity contribution in [2.75, 3.05) is 0 Å². The zero-order chi connectivity index (χ0) is 22.2. The fourth-order valence-electron chi connectivity index (χ4n) is 2.84. The molecule has 0 aliphatic heterocycles. The number of halogens is 6. The van der Waals surface area contributed by atoms with E-state index < -0.39 is 41.8 Å². The summed E-state index contributed by atoms with van der Waals surface area (Å²) >= 11 is 6.00. The first-order valence-electron chi connectivity index (χ1n) is 8.35. The van der Waals surface area contributed by atoms with E-state index in [0.717, 1.165) is 10.8 Å². The summed E-state index contributed by atoms with van der Waals surface area (Å²) in [5, 5.41) is -0.343. The fraction of sp³-hybridized carbons (Fsp3) is 0.278. The molecule has 30 heavy (non-hydrogen) atoms. The number of hydrogen-bond acceptors (Lipinski definition) is 4. The first-order chi connectivity index (χ1) is 14.0. The van der Waals surface area contributed by atoms with Crippen LogP contribution < -0.4 is 5.56 Å². The Morgan fingerprint density at radius 2 is 2.00 bits per heavy atom. The molecule has 0 N–H and O–H groups in total. The van der Waals surface area contributed by atoms with Crippen molar-refractivity contribution >= 4 is 28.7 Å². The van der Waals surface area contributed by atoms with Crippen molar-refractivity contribution in [1.29, 1.82) is 0 Å². The molecule has 0 aromatic carbocycles. The monoisotopic (exact) mass is 465 g/mol. The summed E-state index contributed by atoms with van der Waals surface area (Å²) in [5.41, 5.74) is -0.155. The molecule has 160 valence electrons. The number of thiophene rings is 1. The van der Waals surface area contributed by atoms with Gasteiger partial charge in [-0.25, -0.2) is 13.8 Å². The van der Waals surface area contributed by atoms with E-state index in [1.54, 1.807) is 7.05 Å². The Morgan fingerprint density at radius 1 is 1.30 bits per heavy atom. The Kier molecular flexibility index (Phi) is 6.14. The molecule has 3 heterocycles. The van der Waals surface area contributed by atoms with E-state index in [-0.39, 0.29) is 32.4 Å². The predicted molar refractivity (Wildman–Crippen MR) is 101 cm³/mol. The SMILES string of the molecule is Cn1cncc1-c1cc(CC(=O)c2sc(C(F)(F)F)cc2Cl)cn(CC(F)F)c1=O. The molecule has 0 saturated heterocycles. The van der Waals surface area contributed by atoms with Crippen LogP contribution in [0.1, 0.15) is 20.1 Å². The molecule has 0 saturated carbocycles. The summed E-state index contributed by atoms with van der Waals surface area (Å²) in [5.74, 6) is -0.723. The molecule has 0 aliphatic carbocycles. The van der Waals surface area contributed by atoms with E-state index in [4.69, 9.17) is 11.6 Å². The summed E-state index contributed by atoms with van der Waals surface area (Å²) in [6.07, 6.45) is -4.03. The number of aryl methyl sites for hydroxylation is 1. The van der Waals surface area contributed by atoms with Crippen LogP contribution in [0.2, 0.25) is 5.02 Å². The zero-order valence-corrected chi connectivity index (χ0v) is 16.8. The van der Waals surface area contributed by atoms with Gasteiger partial charge in [0.2, 0.25) is 0 Å². The van der Waals surface area contributed by atoms with Crippen molar-refractivity contribution in [3.05, 3.63) is 61.5 Å². The van der Waals surface area contributed by atoms with Gasteiger partial charge < -0.3 is 9.13 Å². The Bertz CT molecular complexity index is 1150. The molecular formula is C18H13ClF5N3O2S. The maximum atomic E-state index is 12.9. The van der Waals surface area contributed by atoms with Crippen molar-refractivity contribution in [3.63, 3.8) is 0 Å². The second-order valence-electron chi connectivity index (χ2n) is 6.39. The highest BCUT2D eigenvalue weighted by Crippen LogP contribution is 2.39. The summed E-state index contributed by atoms with van der Waals surface area (Å²) in [6.45, 7) is -0.899. The number of aromatic nitrogens is 3. The van der Waals surface area contributed by atoms with Crippen LogP contribution in [-0.4, -0.2) is 26.3 Å². The number of Topliss-reactive ketones (excluding diaryl/α,β-unsaturated/α-hetero) is 1. The lowest BCUT2D eigenvalue weighted by Crippen LogP contribution is -2.26. The molecule has 0 aliphatic rings. The van der Waals surface area contributed by atoms with Crippen molar-refractivity contribution < 1.29 is 26.7 Å². The normalized spacial score (nSPS) is 12.0. The highest BCUT2D eigenvalue weighted by atomic mass is 35.5. The molecule has 3 aromatic heterocycles. The summed E-state index contributed by atoms with van der Waals surface area (Å²) < 4.78 is 66.7. The van der Waals surface area contributed by atoms with E-state index in [2.05, 4.69) is 4.98 Å². The summed E-state index contributed by atoms with van der Waals surface area (Å²) in [6, 6.07) is 2.00. The van der Waals surface area contributed by atoms with Gasteiger partial charge in [-0.05, 0) is 17.7 Å². The fourth-order valence-corrected chi connectivity index (χ4v) is 4.09. The van der Waals surface area contributed by atoms with E-state index in [1.807, 2.05) is 0 Å². The van der Waals surface area contributed by atoms with Gasteiger partial charge in [0.1, 0.15) is 4.88 Å². The molecule has 3 rings (SSSR count). The van der Waals surface area contributed by atoms with Crippen LogP contribution in [0.25, 0.3) is 11.3 Å². The van der Waals surface area contributed by atoms with Crippen LogP contribution in [0.5, 0.6) is 0 Å². The largest absolute Gasteiger partial charge is 0.425 e. The number of nitrogens with zero attached hydrogens (tertiary/aromatic N) is 3. The van der Waals surface area contributed by atoms with Gasteiger partial charge in [-0.1, -0.05) is 11.6 Å². The highest BCUT2D eigenvalue weighted by Gasteiger charge is 2.34. The van der Waals surface area contributed by atoms with Gasteiger partial charge in [0.25, 0.3) is 12.0 Å². The van der Waals surface area contributed by atoms with Crippen LogP contribution in [0.15, 0.2) is 35.6 Å². The Morgan fingerprint density at radius 3 is 2.53 bits per heavy atom. The summed E-state index contributed by atoms with van der Waals surface area (Å²) in [7, 11) is 1.60. The van der Waals surface area contributed by atoms with Gasteiger partial charge in [-0.2, -0.15) is 13.2 Å². The minimum absolute atomic E-state index is 0.0363. The number of hydrogen-bond donors (Lipinski definition) is 0. The maximum absolute atomic E-state index is 12.9.